The van der Waals surface area contributed by atoms with Crippen LogP contribution in [0.5, 0.6) is 5.75 Å². The highest BCUT2D eigenvalue weighted by molar-refractivity contribution is 5.78. The van der Waals surface area contributed by atoms with Crippen LogP contribution in [-0.4, -0.2) is 37.0 Å². The number of carbonyl (C=O) groups excluding carboxylic acids is 1. The fourth-order valence-electron chi connectivity index (χ4n) is 3.34. The summed E-state index contributed by atoms with van der Waals surface area (Å²) in [4.78, 5) is 14.5. The van der Waals surface area contributed by atoms with Gasteiger partial charge in [0.05, 0.1) is 6.54 Å². The molecule has 1 N–H and O–H groups in total. The largest absolute Gasteiger partial charge is 0.492 e. The molecule has 0 aromatic heterocycles. The second kappa shape index (κ2) is 9.51. The van der Waals surface area contributed by atoms with E-state index >= 15 is 0 Å². The Kier molecular flexibility index (Phi) is 6.82. The number of hydrogen-bond donors (Lipinski definition) is 1. The van der Waals surface area contributed by atoms with E-state index in [1.807, 2.05) is 43.3 Å². The number of rotatable bonds is 7. The zero-order valence-corrected chi connectivity index (χ0v) is 15.8. The van der Waals surface area contributed by atoms with Gasteiger partial charge in [0, 0.05) is 18.0 Å². The number of benzene rings is 2. The lowest BCUT2D eigenvalue weighted by Gasteiger charge is -2.31. The van der Waals surface area contributed by atoms with E-state index in [0.29, 0.717) is 25.3 Å². The van der Waals surface area contributed by atoms with Crippen LogP contribution in [0, 0.1) is 18.7 Å². The van der Waals surface area contributed by atoms with Gasteiger partial charge < -0.3 is 10.1 Å². The molecule has 4 nitrogen and oxygen atoms in total. The predicted octanol–water partition coefficient (Wildman–Crippen LogP) is 3.54. The van der Waals surface area contributed by atoms with E-state index in [2.05, 4.69) is 10.2 Å². The summed E-state index contributed by atoms with van der Waals surface area (Å²) in [6.07, 6.45) is 1.61. The van der Waals surface area contributed by atoms with Crippen LogP contribution in [0.3, 0.4) is 0 Å². The van der Waals surface area contributed by atoms with Crippen molar-refractivity contribution in [2.45, 2.75) is 26.3 Å². The summed E-state index contributed by atoms with van der Waals surface area (Å²) in [5.41, 5.74) is 1.91. The average Bonchev–Trinajstić information content (AvgIpc) is 2.69. The third-order valence-electron chi connectivity index (χ3n) is 5.00. The van der Waals surface area contributed by atoms with Crippen molar-refractivity contribution in [3.05, 3.63) is 65.5 Å². The highest BCUT2D eigenvalue weighted by Gasteiger charge is 2.25. The van der Waals surface area contributed by atoms with Gasteiger partial charge in [-0.2, -0.15) is 0 Å². The molecule has 0 spiro atoms. The summed E-state index contributed by atoms with van der Waals surface area (Å²) in [5.74, 6) is 0.775. The van der Waals surface area contributed by atoms with Crippen molar-refractivity contribution >= 4 is 5.91 Å². The van der Waals surface area contributed by atoms with E-state index in [4.69, 9.17) is 4.74 Å². The minimum atomic E-state index is -0.161. The molecule has 3 rings (SSSR count). The molecule has 5 heteroatoms. The van der Waals surface area contributed by atoms with Gasteiger partial charge in [0.2, 0.25) is 5.91 Å². The smallest absolute Gasteiger partial charge is 0.223 e. The van der Waals surface area contributed by atoms with Crippen LogP contribution in [-0.2, 0) is 11.3 Å². The average molecular weight is 370 g/mol. The first-order valence-electron chi connectivity index (χ1n) is 9.55. The van der Waals surface area contributed by atoms with E-state index in [1.54, 1.807) is 6.07 Å². The highest BCUT2D eigenvalue weighted by atomic mass is 19.1. The summed E-state index contributed by atoms with van der Waals surface area (Å²) in [7, 11) is 0. The molecule has 27 heavy (non-hydrogen) atoms. The Morgan fingerprint density at radius 3 is 2.56 bits per heavy atom. The maximum absolute atomic E-state index is 13.8. The second-order valence-electron chi connectivity index (χ2n) is 7.09. The summed E-state index contributed by atoms with van der Waals surface area (Å²) < 4.78 is 19.4. The van der Waals surface area contributed by atoms with E-state index in [9.17, 15) is 9.18 Å². The molecule has 1 aliphatic rings. The van der Waals surface area contributed by atoms with Gasteiger partial charge in [-0.3, -0.25) is 9.69 Å². The van der Waals surface area contributed by atoms with Crippen molar-refractivity contribution in [3.63, 3.8) is 0 Å². The van der Waals surface area contributed by atoms with Gasteiger partial charge in [0.25, 0.3) is 0 Å². The molecule has 2 aromatic carbocycles. The van der Waals surface area contributed by atoms with Gasteiger partial charge in [0.1, 0.15) is 18.2 Å². The quantitative estimate of drug-likeness (QED) is 0.758. The fourth-order valence-corrected chi connectivity index (χ4v) is 3.34. The number of amides is 1. The van der Waals surface area contributed by atoms with Crippen LogP contribution in [0.1, 0.15) is 24.0 Å². The topological polar surface area (TPSA) is 41.6 Å². The van der Waals surface area contributed by atoms with Crippen LogP contribution < -0.4 is 10.1 Å². The Morgan fingerprint density at radius 1 is 1.15 bits per heavy atom. The third-order valence-corrected chi connectivity index (χ3v) is 5.00. The van der Waals surface area contributed by atoms with Crippen molar-refractivity contribution < 1.29 is 13.9 Å². The molecular weight excluding hydrogens is 343 g/mol. The minimum Gasteiger partial charge on any atom is -0.492 e. The number of nitrogens with zero attached hydrogens (tertiary/aromatic N) is 1. The number of piperidine rings is 1. The lowest BCUT2D eigenvalue weighted by Crippen LogP contribution is -2.41. The first-order valence-corrected chi connectivity index (χ1v) is 9.55. The van der Waals surface area contributed by atoms with Gasteiger partial charge in [0.15, 0.2) is 0 Å². The molecule has 144 valence electrons. The molecule has 2 aromatic rings. The Hall–Kier alpha value is -2.40. The zero-order valence-electron chi connectivity index (χ0n) is 15.8. The summed E-state index contributed by atoms with van der Waals surface area (Å²) in [5, 5.41) is 2.97. The van der Waals surface area contributed by atoms with Gasteiger partial charge in [-0.15, -0.1) is 0 Å². The first-order chi connectivity index (χ1) is 13.1. The molecule has 0 bridgehead atoms. The number of nitrogens with one attached hydrogen (secondary N) is 1. The zero-order chi connectivity index (χ0) is 19.1. The molecule has 0 radical (unpaired) electrons. The maximum atomic E-state index is 13.8. The van der Waals surface area contributed by atoms with Crippen molar-refractivity contribution in [2.75, 3.05) is 26.2 Å². The number of likely N-dealkylation sites (tertiary alicyclic amines) is 1. The Morgan fingerprint density at radius 2 is 1.85 bits per heavy atom. The van der Waals surface area contributed by atoms with Gasteiger partial charge in [-0.25, -0.2) is 4.39 Å². The molecular formula is C22H27FN2O2. The van der Waals surface area contributed by atoms with E-state index < -0.39 is 0 Å². The Bertz CT molecular complexity index is 740. The van der Waals surface area contributed by atoms with Crippen LogP contribution in [0.15, 0.2) is 48.5 Å². The second-order valence-corrected chi connectivity index (χ2v) is 7.09. The molecule has 0 atom stereocenters. The lowest BCUT2D eigenvalue weighted by atomic mass is 9.95. The van der Waals surface area contributed by atoms with Crippen molar-refractivity contribution in [1.29, 1.82) is 0 Å². The monoisotopic (exact) mass is 370 g/mol. The SMILES string of the molecule is Cc1ccc(OCCNC(=O)C2CCN(Cc3ccccc3F)CC2)cc1. The summed E-state index contributed by atoms with van der Waals surface area (Å²) in [6.45, 7) is 5.22. The molecule has 1 heterocycles. The molecule has 0 aliphatic carbocycles. The Balaban J connectivity index is 1.34. The Labute approximate surface area is 160 Å². The number of carbonyl (C=O) groups is 1. The van der Waals surface area contributed by atoms with Gasteiger partial charge in [-0.05, 0) is 51.1 Å². The number of hydrogen-bond acceptors (Lipinski definition) is 3. The van der Waals surface area contributed by atoms with Crippen molar-refractivity contribution in [1.82, 2.24) is 10.2 Å². The molecule has 1 saturated heterocycles. The van der Waals surface area contributed by atoms with Gasteiger partial charge in [-0.1, -0.05) is 35.9 Å². The lowest BCUT2D eigenvalue weighted by molar-refractivity contribution is -0.126. The fraction of sp³-hybridized carbons (Fsp3) is 0.409. The molecule has 1 aliphatic heterocycles. The number of halogens is 1. The standard InChI is InChI=1S/C22H27FN2O2/c1-17-6-8-20(9-7-17)27-15-12-24-22(26)18-10-13-25(14-11-18)16-19-4-2-3-5-21(19)23/h2-9,18H,10-16H2,1H3,(H,24,26). The van der Waals surface area contributed by atoms with Crippen molar-refractivity contribution in [3.8, 4) is 5.75 Å². The van der Waals surface area contributed by atoms with E-state index in [-0.39, 0.29) is 17.6 Å². The summed E-state index contributed by atoms with van der Waals surface area (Å²) in [6, 6.07) is 14.8. The number of ether oxygens (including phenoxy) is 1. The van der Waals surface area contributed by atoms with E-state index in [0.717, 1.165) is 31.7 Å². The molecule has 0 unspecified atom stereocenters. The van der Waals surface area contributed by atoms with Crippen molar-refractivity contribution in [2.24, 2.45) is 5.92 Å². The van der Waals surface area contributed by atoms with Crippen LogP contribution in [0.4, 0.5) is 4.39 Å². The summed E-state index contributed by atoms with van der Waals surface area (Å²) >= 11 is 0. The molecule has 1 amide bonds. The first kappa shape index (κ1) is 19.4. The van der Waals surface area contributed by atoms with E-state index in [1.165, 1.54) is 11.6 Å². The normalized spacial score (nSPS) is 15.5. The molecule has 1 fully saturated rings. The van der Waals surface area contributed by atoms with Crippen LogP contribution in [0.2, 0.25) is 0 Å². The third kappa shape index (κ3) is 5.79. The molecule has 0 saturated carbocycles. The van der Waals surface area contributed by atoms with Gasteiger partial charge >= 0.3 is 0 Å². The van der Waals surface area contributed by atoms with Crippen LogP contribution in [0.25, 0.3) is 0 Å². The maximum Gasteiger partial charge on any atom is 0.223 e. The predicted molar refractivity (Wildman–Crippen MR) is 104 cm³/mol. The minimum absolute atomic E-state index is 0.0289. The number of aryl methyl sites for hydroxylation is 1. The highest BCUT2D eigenvalue weighted by Crippen LogP contribution is 2.20. The van der Waals surface area contributed by atoms with Crippen LogP contribution >= 0.6 is 0 Å².